The van der Waals surface area contributed by atoms with Gasteiger partial charge in [0.05, 0.1) is 5.60 Å². The highest BCUT2D eigenvalue weighted by molar-refractivity contribution is 6.30. The first-order valence-corrected chi connectivity index (χ1v) is 14.2. The van der Waals surface area contributed by atoms with E-state index in [4.69, 9.17) is 21.8 Å². The van der Waals surface area contributed by atoms with Crippen molar-refractivity contribution in [3.05, 3.63) is 119 Å². The van der Waals surface area contributed by atoms with Crippen LogP contribution < -0.4 is 0 Å². The number of halogens is 1. The predicted octanol–water partition coefficient (Wildman–Crippen LogP) is 4.41. The van der Waals surface area contributed by atoms with Gasteiger partial charge in [-0.25, -0.2) is 9.59 Å². The Bertz CT molecular complexity index is 1350. The molecule has 2 aliphatic heterocycles. The number of rotatable bonds is 7. The molecule has 3 aromatic carbocycles. The normalized spacial score (nSPS) is 19.7. The molecule has 3 N–H and O–H groups in total. The van der Waals surface area contributed by atoms with Crippen LogP contribution in [0.5, 0.6) is 0 Å². The summed E-state index contributed by atoms with van der Waals surface area (Å²) >= 11 is 6.04. The van der Waals surface area contributed by atoms with Crippen LogP contribution in [0, 0.1) is 5.92 Å². The summed E-state index contributed by atoms with van der Waals surface area (Å²) in [5.74, 6) is -2.25. The minimum Gasteiger partial charge on any atom is -0.478 e. The van der Waals surface area contributed by atoms with Crippen molar-refractivity contribution in [3.63, 3.8) is 0 Å². The quantitative estimate of drug-likeness (QED) is 0.349. The second kappa shape index (κ2) is 13.3. The standard InChI is InChI=1S/C29H31ClN2O2.C4H4O4/c1-31-20-25(21-32-18-16-28(34,17-19-32)22-12-14-26(30)15-13-22)29(27(31)33,23-8-4-2-5-9-23)24-10-6-3-7-11-24;5-3(6)1-2-4(7)8/h2-15,25,34H,16-21H2,1H3;1-2H,(H,5,6)(H,7,8)/b;2-1+. The fourth-order valence-corrected chi connectivity index (χ4v) is 6.24. The number of likely N-dealkylation sites (N-methyl/N-ethyl adjacent to an activating group) is 1. The van der Waals surface area contributed by atoms with Gasteiger partial charge >= 0.3 is 11.9 Å². The van der Waals surface area contributed by atoms with E-state index in [1.54, 1.807) is 0 Å². The third kappa shape index (κ3) is 6.73. The fourth-order valence-electron chi connectivity index (χ4n) is 6.12. The summed E-state index contributed by atoms with van der Waals surface area (Å²) in [6, 6.07) is 28.0. The van der Waals surface area contributed by atoms with Crippen LogP contribution in [-0.2, 0) is 25.4 Å². The van der Waals surface area contributed by atoms with Crippen LogP contribution in [0.1, 0.15) is 29.5 Å². The highest BCUT2D eigenvalue weighted by Crippen LogP contribution is 2.46. The van der Waals surface area contributed by atoms with E-state index in [0.717, 1.165) is 36.3 Å². The molecule has 2 saturated heterocycles. The Morgan fingerprint density at radius 1 is 0.833 bits per heavy atom. The third-order valence-corrected chi connectivity index (χ3v) is 8.41. The first-order chi connectivity index (χ1) is 20.1. The molecule has 9 heteroatoms. The second-order valence-corrected chi connectivity index (χ2v) is 11.2. The van der Waals surface area contributed by atoms with Crippen molar-refractivity contribution in [1.29, 1.82) is 0 Å². The Balaban J connectivity index is 0.000000446. The molecule has 0 bridgehead atoms. The number of hydrogen-bond acceptors (Lipinski definition) is 5. The number of carbonyl (C=O) groups excluding carboxylic acids is 1. The van der Waals surface area contributed by atoms with E-state index < -0.39 is 23.0 Å². The van der Waals surface area contributed by atoms with Crippen LogP contribution in [0.15, 0.2) is 97.1 Å². The monoisotopic (exact) mass is 590 g/mol. The van der Waals surface area contributed by atoms with Gasteiger partial charge in [0.2, 0.25) is 5.91 Å². The van der Waals surface area contributed by atoms with Gasteiger partial charge in [0.15, 0.2) is 0 Å². The first kappa shape index (κ1) is 31.0. The molecular formula is C33H35ClN2O6. The van der Waals surface area contributed by atoms with Crippen LogP contribution in [0.25, 0.3) is 0 Å². The van der Waals surface area contributed by atoms with Gasteiger partial charge in [0.25, 0.3) is 0 Å². The predicted molar refractivity (Wildman–Crippen MR) is 160 cm³/mol. The molecule has 8 nitrogen and oxygen atoms in total. The molecular weight excluding hydrogens is 556 g/mol. The van der Waals surface area contributed by atoms with Crippen molar-refractivity contribution in [2.24, 2.45) is 5.92 Å². The molecule has 0 radical (unpaired) electrons. The van der Waals surface area contributed by atoms with E-state index in [1.165, 1.54) is 0 Å². The number of nitrogens with zero attached hydrogens (tertiary/aromatic N) is 2. The zero-order chi connectivity index (χ0) is 30.3. The zero-order valence-electron chi connectivity index (χ0n) is 23.4. The maximum absolute atomic E-state index is 13.9. The number of hydrogen-bond donors (Lipinski definition) is 3. The molecule has 1 unspecified atom stereocenters. The molecule has 0 saturated carbocycles. The maximum Gasteiger partial charge on any atom is 0.328 e. The minimum absolute atomic E-state index is 0.108. The van der Waals surface area contributed by atoms with Crippen molar-refractivity contribution in [3.8, 4) is 0 Å². The largest absolute Gasteiger partial charge is 0.478 e. The minimum atomic E-state index is -1.26. The topological polar surface area (TPSA) is 118 Å². The molecule has 2 heterocycles. The fraction of sp³-hybridized carbons (Fsp3) is 0.303. The molecule has 220 valence electrons. The average molecular weight is 591 g/mol. The molecule has 0 aromatic heterocycles. The summed E-state index contributed by atoms with van der Waals surface area (Å²) in [5.41, 5.74) is 1.49. The van der Waals surface area contributed by atoms with E-state index in [1.807, 2.05) is 72.6 Å². The summed E-state index contributed by atoms with van der Waals surface area (Å²) in [4.78, 5) is 37.3. The number of aliphatic carboxylic acids is 2. The number of likely N-dealkylation sites (tertiary alicyclic amines) is 2. The smallest absolute Gasteiger partial charge is 0.328 e. The van der Waals surface area contributed by atoms with Crippen molar-refractivity contribution < 1.29 is 29.7 Å². The van der Waals surface area contributed by atoms with E-state index >= 15 is 0 Å². The Kier molecular flexibility index (Phi) is 9.83. The Hall–Kier alpha value is -3.98. The van der Waals surface area contributed by atoms with Gasteiger partial charge in [-0.05, 0) is 41.7 Å². The Morgan fingerprint density at radius 2 is 1.31 bits per heavy atom. The van der Waals surface area contributed by atoms with Crippen molar-refractivity contribution >= 4 is 29.4 Å². The molecule has 1 amide bonds. The molecule has 5 rings (SSSR count). The van der Waals surface area contributed by atoms with Crippen LogP contribution in [0.4, 0.5) is 0 Å². The lowest BCUT2D eigenvalue weighted by molar-refractivity contribution is -0.134. The van der Waals surface area contributed by atoms with Gasteiger partial charge in [-0.2, -0.15) is 0 Å². The molecule has 42 heavy (non-hydrogen) atoms. The number of piperidine rings is 1. The summed E-state index contributed by atoms with van der Waals surface area (Å²) < 4.78 is 0. The van der Waals surface area contributed by atoms with Crippen molar-refractivity contribution in [2.75, 3.05) is 33.2 Å². The van der Waals surface area contributed by atoms with Gasteiger partial charge in [-0.3, -0.25) is 4.79 Å². The molecule has 3 aromatic rings. The number of amides is 1. The van der Waals surface area contributed by atoms with Gasteiger partial charge in [0.1, 0.15) is 5.41 Å². The van der Waals surface area contributed by atoms with E-state index in [9.17, 15) is 19.5 Å². The molecule has 1 atom stereocenters. The van der Waals surface area contributed by atoms with E-state index in [2.05, 4.69) is 29.2 Å². The molecule has 0 spiro atoms. The van der Waals surface area contributed by atoms with E-state index in [0.29, 0.717) is 36.6 Å². The number of carboxylic acids is 2. The van der Waals surface area contributed by atoms with Gasteiger partial charge in [-0.1, -0.05) is 84.4 Å². The summed E-state index contributed by atoms with van der Waals surface area (Å²) in [6.07, 6.45) is 2.44. The lowest BCUT2D eigenvalue weighted by Crippen LogP contribution is -2.49. The van der Waals surface area contributed by atoms with Crippen LogP contribution in [0.2, 0.25) is 5.02 Å². The summed E-state index contributed by atoms with van der Waals surface area (Å²) in [5, 5.41) is 27.6. The number of carboxylic acid groups (broad SMARTS) is 2. The highest BCUT2D eigenvalue weighted by atomic mass is 35.5. The van der Waals surface area contributed by atoms with Crippen LogP contribution in [0.3, 0.4) is 0 Å². The molecule has 2 aliphatic rings. The summed E-state index contributed by atoms with van der Waals surface area (Å²) in [6.45, 7) is 3.08. The zero-order valence-corrected chi connectivity index (χ0v) is 24.2. The van der Waals surface area contributed by atoms with Gasteiger partial charge < -0.3 is 25.1 Å². The SMILES string of the molecule is CN1CC(CN2CCC(O)(c3ccc(Cl)cc3)CC2)C(c2ccccc2)(c2ccccc2)C1=O.O=C(O)/C=C/C(=O)O. The Labute approximate surface area is 250 Å². The highest BCUT2D eigenvalue weighted by Gasteiger charge is 2.55. The lowest BCUT2D eigenvalue weighted by Gasteiger charge is -2.42. The second-order valence-electron chi connectivity index (χ2n) is 10.8. The Morgan fingerprint density at radius 3 is 1.76 bits per heavy atom. The number of aliphatic hydroxyl groups is 1. The lowest BCUT2D eigenvalue weighted by atomic mass is 9.67. The van der Waals surface area contributed by atoms with Crippen LogP contribution in [-0.4, -0.2) is 76.2 Å². The average Bonchev–Trinajstić information content (AvgIpc) is 3.24. The van der Waals surface area contributed by atoms with E-state index in [-0.39, 0.29) is 11.8 Å². The molecule has 2 fully saturated rings. The van der Waals surface area contributed by atoms with Crippen molar-refractivity contribution in [1.82, 2.24) is 9.80 Å². The van der Waals surface area contributed by atoms with Gasteiger partial charge in [0, 0.05) is 56.3 Å². The maximum atomic E-state index is 13.9. The summed E-state index contributed by atoms with van der Waals surface area (Å²) in [7, 11) is 1.92. The van der Waals surface area contributed by atoms with Gasteiger partial charge in [-0.15, -0.1) is 0 Å². The van der Waals surface area contributed by atoms with Crippen molar-refractivity contribution in [2.45, 2.75) is 23.9 Å². The first-order valence-electron chi connectivity index (χ1n) is 13.8. The number of benzene rings is 3. The molecule has 0 aliphatic carbocycles. The third-order valence-electron chi connectivity index (χ3n) is 8.16. The number of carbonyl (C=O) groups is 3. The van der Waals surface area contributed by atoms with Crippen LogP contribution >= 0.6 is 11.6 Å².